The van der Waals surface area contributed by atoms with Gasteiger partial charge >= 0.3 is 0 Å². The highest BCUT2D eigenvalue weighted by atomic mass is 16.3. The second kappa shape index (κ2) is 15.7. The predicted molar refractivity (Wildman–Crippen MR) is 273 cm³/mol. The third-order valence-electron chi connectivity index (χ3n) is 14.0. The van der Waals surface area contributed by atoms with E-state index in [-0.39, 0.29) is 5.41 Å². The van der Waals surface area contributed by atoms with E-state index < -0.39 is 0 Å². The van der Waals surface area contributed by atoms with E-state index in [2.05, 4.69) is 243 Å². The van der Waals surface area contributed by atoms with Crippen molar-refractivity contribution in [3.63, 3.8) is 0 Å². The maximum absolute atomic E-state index is 6.40. The monoisotopic (exact) mass is 833 g/mol. The zero-order chi connectivity index (χ0) is 43.5. The first-order valence-corrected chi connectivity index (χ1v) is 22.8. The smallest absolute Gasteiger partial charge is 0.136 e. The lowest BCUT2D eigenvalue weighted by Crippen LogP contribution is -2.25. The van der Waals surface area contributed by atoms with E-state index in [9.17, 15) is 0 Å². The van der Waals surface area contributed by atoms with E-state index in [0.717, 1.165) is 62.1 Å². The summed E-state index contributed by atoms with van der Waals surface area (Å²) in [6, 6.07) is 77.5. The Morgan fingerprint density at radius 1 is 0.462 bits per heavy atom. The average Bonchev–Trinajstić information content (AvgIpc) is 3.88. The van der Waals surface area contributed by atoms with Crippen LogP contribution in [0.3, 0.4) is 0 Å². The number of benzene rings is 9. The molecule has 2 aliphatic rings. The minimum Gasteiger partial charge on any atom is -0.456 e. The second-order valence-electron chi connectivity index (χ2n) is 17.8. The first-order valence-electron chi connectivity index (χ1n) is 22.8. The Morgan fingerprint density at radius 3 is 1.86 bits per heavy atom. The Kier molecular flexibility index (Phi) is 9.35. The number of rotatable bonds is 8. The highest BCUT2D eigenvalue weighted by Crippen LogP contribution is 2.56. The van der Waals surface area contributed by atoms with Gasteiger partial charge in [0.1, 0.15) is 11.2 Å². The highest BCUT2D eigenvalue weighted by molar-refractivity contribution is 6.12. The lowest BCUT2D eigenvalue weighted by atomic mass is 9.70. The molecule has 0 saturated heterocycles. The van der Waals surface area contributed by atoms with Crippen LogP contribution in [0.2, 0.25) is 0 Å². The number of anilines is 3. The van der Waals surface area contributed by atoms with Crippen LogP contribution in [0.25, 0.3) is 77.6 Å². The Hall–Kier alpha value is -7.94. The molecule has 2 heteroatoms. The third kappa shape index (κ3) is 6.39. The SMILES string of the molecule is CC1C=CC=C(C2(C)c3ccccc3-c3cc(N(c4cccc(-c5cccc6oc7ccccc7c56)c4)c4ccccc4-c4ccccc4-c4ccccc4-c4ccccc4)ccc32)C1. The van der Waals surface area contributed by atoms with Crippen LogP contribution in [0.15, 0.2) is 241 Å². The van der Waals surface area contributed by atoms with Crippen molar-refractivity contribution in [3.8, 4) is 55.6 Å². The van der Waals surface area contributed by atoms with Crippen molar-refractivity contribution in [2.45, 2.75) is 25.7 Å². The van der Waals surface area contributed by atoms with Crippen molar-refractivity contribution in [2.24, 2.45) is 5.92 Å². The number of para-hydroxylation sites is 2. The molecule has 2 unspecified atom stereocenters. The number of allylic oxidation sites excluding steroid dienone is 4. The van der Waals surface area contributed by atoms with Gasteiger partial charge in [0.05, 0.1) is 5.69 Å². The maximum Gasteiger partial charge on any atom is 0.136 e. The Labute approximate surface area is 381 Å². The van der Waals surface area contributed by atoms with Crippen molar-refractivity contribution in [3.05, 3.63) is 247 Å². The summed E-state index contributed by atoms with van der Waals surface area (Å²) in [5, 5.41) is 2.25. The molecular weight excluding hydrogens is 787 g/mol. The van der Waals surface area contributed by atoms with E-state index in [1.165, 1.54) is 55.6 Å². The molecule has 65 heavy (non-hydrogen) atoms. The molecule has 0 saturated carbocycles. The number of fused-ring (bicyclic) bond motifs is 6. The summed E-state index contributed by atoms with van der Waals surface area (Å²) in [4.78, 5) is 2.48. The summed E-state index contributed by atoms with van der Waals surface area (Å²) in [7, 11) is 0. The Balaban J connectivity index is 1.08. The van der Waals surface area contributed by atoms with Gasteiger partial charge in [-0.05, 0) is 123 Å². The van der Waals surface area contributed by atoms with Gasteiger partial charge in [0.15, 0.2) is 0 Å². The third-order valence-corrected chi connectivity index (χ3v) is 14.0. The molecule has 10 aromatic rings. The van der Waals surface area contributed by atoms with Crippen LogP contribution in [0, 0.1) is 5.92 Å². The predicted octanol–water partition coefficient (Wildman–Crippen LogP) is 17.5. The number of hydrogen-bond acceptors (Lipinski definition) is 2. The van der Waals surface area contributed by atoms with Crippen LogP contribution < -0.4 is 4.90 Å². The highest BCUT2D eigenvalue weighted by Gasteiger charge is 2.42. The van der Waals surface area contributed by atoms with Crippen LogP contribution in [-0.4, -0.2) is 0 Å². The van der Waals surface area contributed by atoms with E-state index in [1.807, 2.05) is 6.07 Å². The summed E-state index contributed by atoms with van der Waals surface area (Å²) in [6.45, 7) is 4.77. The standard InChI is InChI=1S/C63H47NO/c1-42-19-16-23-45(39-42)63(2)57-33-13-10-29-53(57)56-41-47(37-38-58(56)63)64(46-24-17-22-44(40-46)49-32-18-36-61-62(49)55-31-12-15-35-60(55)65-61)59-34-14-11-30-54(59)52-28-9-8-27-51(52)50-26-7-6-25-48(50)43-20-4-3-5-21-43/h3-38,40-42H,39H2,1-2H3. The van der Waals surface area contributed by atoms with Gasteiger partial charge in [-0.2, -0.15) is 0 Å². The molecule has 0 radical (unpaired) electrons. The van der Waals surface area contributed by atoms with Crippen molar-refractivity contribution in [1.29, 1.82) is 0 Å². The lowest BCUT2D eigenvalue weighted by Gasteiger charge is -2.34. The summed E-state index contributed by atoms with van der Waals surface area (Å²) >= 11 is 0. The average molecular weight is 834 g/mol. The molecule has 2 atom stereocenters. The summed E-state index contributed by atoms with van der Waals surface area (Å²) in [5.74, 6) is 0.495. The molecule has 12 rings (SSSR count). The largest absolute Gasteiger partial charge is 0.456 e. The zero-order valence-electron chi connectivity index (χ0n) is 36.6. The van der Waals surface area contributed by atoms with Crippen molar-refractivity contribution in [2.75, 3.05) is 4.90 Å². The number of furan rings is 1. The normalized spacial score (nSPS) is 16.3. The molecule has 0 N–H and O–H groups in total. The molecule has 1 aromatic heterocycles. The molecule has 2 aliphatic carbocycles. The van der Waals surface area contributed by atoms with Gasteiger partial charge < -0.3 is 9.32 Å². The fourth-order valence-corrected chi connectivity index (χ4v) is 10.9. The van der Waals surface area contributed by atoms with Gasteiger partial charge in [0, 0.05) is 33.1 Å². The van der Waals surface area contributed by atoms with Gasteiger partial charge in [0.25, 0.3) is 0 Å². The van der Waals surface area contributed by atoms with E-state index >= 15 is 0 Å². The molecule has 0 spiro atoms. The second-order valence-corrected chi connectivity index (χ2v) is 17.8. The minimum absolute atomic E-state index is 0.233. The summed E-state index contributed by atoms with van der Waals surface area (Å²) in [5.41, 5.74) is 21.0. The van der Waals surface area contributed by atoms with Gasteiger partial charge in [-0.1, -0.05) is 201 Å². The molecule has 0 aliphatic heterocycles. The molecular formula is C63H47NO. The number of nitrogens with zero attached hydrogens (tertiary/aromatic N) is 1. The lowest BCUT2D eigenvalue weighted by molar-refractivity contribution is 0.590. The quantitative estimate of drug-likeness (QED) is 0.152. The molecule has 1 heterocycles. The molecule has 0 fully saturated rings. The van der Waals surface area contributed by atoms with Crippen molar-refractivity contribution >= 4 is 39.0 Å². The maximum atomic E-state index is 6.40. The van der Waals surface area contributed by atoms with Gasteiger partial charge in [-0.15, -0.1) is 0 Å². The van der Waals surface area contributed by atoms with Gasteiger partial charge in [0.2, 0.25) is 0 Å². The molecule has 9 aromatic carbocycles. The van der Waals surface area contributed by atoms with Crippen molar-refractivity contribution in [1.82, 2.24) is 0 Å². The Morgan fingerprint density at radius 2 is 1.05 bits per heavy atom. The van der Waals surface area contributed by atoms with E-state index in [0.29, 0.717) is 5.92 Å². The van der Waals surface area contributed by atoms with E-state index in [1.54, 1.807) is 0 Å². The zero-order valence-corrected chi connectivity index (χ0v) is 36.6. The van der Waals surface area contributed by atoms with Crippen LogP contribution in [0.4, 0.5) is 17.1 Å². The molecule has 0 bridgehead atoms. The first-order chi connectivity index (χ1) is 32.0. The first kappa shape index (κ1) is 38.7. The minimum atomic E-state index is -0.233. The van der Waals surface area contributed by atoms with Crippen LogP contribution in [0.5, 0.6) is 0 Å². The Bertz CT molecular complexity index is 3510. The fourth-order valence-electron chi connectivity index (χ4n) is 10.9. The molecule has 310 valence electrons. The van der Waals surface area contributed by atoms with Gasteiger partial charge in [-0.25, -0.2) is 0 Å². The van der Waals surface area contributed by atoms with Crippen molar-refractivity contribution < 1.29 is 4.42 Å². The van der Waals surface area contributed by atoms with Crippen LogP contribution >= 0.6 is 0 Å². The molecule has 2 nitrogen and oxygen atoms in total. The van der Waals surface area contributed by atoms with Gasteiger partial charge in [-0.3, -0.25) is 0 Å². The summed E-state index contributed by atoms with van der Waals surface area (Å²) < 4.78 is 6.40. The van der Waals surface area contributed by atoms with E-state index in [4.69, 9.17) is 4.42 Å². The van der Waals surface area contributed by atoms with Crippen LogP contribution in [-0.2, 0) is 5.41 Å². The molecule has 0 amide bonds. The summed E-state index contributed by atoms with van der Waals surface area (Å²) in [6.07, 6.45) is 8.00. The topological polar surface area (TPSA) is 16.4 Å². The van der Waals surface area contributed by atoms with Crippen LogP contribution in [0.1, 0.15) is 31.4 Å². The number of hydrogen-bond donors (Lipinski definition) is 0. The fraction of sp³-hybridized carbons (Fsp3) is 0.0794.